The summed E-state index contributed by atoms with van der Waals surface area (Å²) in [6.07, 6.45) is 5.08. The molecule has 5 heteroatoms. The van der Waals surface area contributed by atoms with Crippen molar-refractivity contribution < 1.29 is 4.79 Å². The molecule has 1 aromatic heterocycles. The fourth-order valence-corrected chi connectivity index (χ4v) is 2.44. The Labute approximate surface area is 109 Å². The average molecular weight is 259 g/mol. The van der Waals surface area contributed by atoms with Crippen LogP contribution in [0.2, 0.25) is 0 Å². The first kappa shape index (κ1) is 12.6. The van der Waals surface area contributed by atoms with Gasteiger partial charge in [0, 0.05) is 5.69 Å². The van der Waals surface area contributed by atoms with Gasteiger partial charge in [-0.3, -0.25) is 10.1 Å². The van der Waals surface area contributed by atoms with Gasteiger partial charge in [-0.2, -0.15) is 0 Å². The van der Waals surface area contributed by atoms with Gasteiger partial charge in [0.1, 0.15) is 0 Å². The fourth-order valence-electron chi connectivity index (χ4n) is 1.57. The number of rotatable bonds is 4. The first-order chi connectivity index (χ1) is 8.69. The van der Waals surface area contributed by atoms with Gasteiger partial charge in [-0.05, 0) is 25.1 Å². The first-order valence-corrected chi connectivity index (χ1v) is 6.32. The summed E-state index contributed by atoms with van der Waals surface area (Å²) in [7, 11) is 0. The smallest absolute Gasteiger partial charge is 0.238 e. The van der Waals surface area contributed by atoms with Crippen LogP contribution in [-0.4, -0.2) is 24.0 Å². The largest absolute Gasteiger partial charge is 0.325 e. The summed E-state index contributed by atoms with van der Waals surface area (Å²) in [5.41, 5.74) is 1.74. The second kappa shape index (κ2) is 5.63. The van der Waals surface area contributed by atoms with Gasteiger partial charge in [-0.1, -0.05) is 5.92 Å². The minimum Gasteiger partial charge on any atom is -0.325 e. The molecule has 0 saturated carbocycles. The number of benzene rings is 1. The van der Waals surface area contributed by atoms with E-state index in [4.69, 9.17) is 6.42 Å². The Morgan fingerprint density at radius 1 is 1.56 bits per heavy atom. The van der Waals surface area contributed by atoms with E-state index in [2.05, 4.69) is 21.5 Å². The molecule has 4 nitrogen and oxygen atoms in total. The number of carbonyl (C=O) groups is 1. The maximum Gasteiger partial charge on any atom is 0.238 e. The Balaban J connectivity index is 2.03. The molecule has 0 atom stereocenters. The third-order valence-electron chi connectivity index (χ3n) is 2.29. The summed E-state index contributed by atoms with van der Waals surface area (Å²) in [4.78, 5) is 15.9. The highest BCUT2D eigenvalue weighted by Crippen LogP contribution is 2.24. The molecule has 92 valence electrons. The predicted molar refractivity (Wildman–Crippen MR) is 74.7 cm³/mol. The number of thiazole rings is 1. The van der Waals surface area contributed by atoms with Crippen molar-refractivity contribution in [1.82, 2.24) is 10.3 Å². The van der Waals surface area contributed by atoms with Gasteiger partial charge in [-0.15, -0.1) is 17.8 Å². The van der Waals surface area contributed by atoms with Crippen molar-refractivity contribution in [1.29, 1.82) is 0 Å². The highest BCUT2D eigenvalue weighted by Gasteiger charge is 2.04. The Bertz CT molecular complexity index is 612. The number of nitrogens with one attached hydrogen (secondary N) is 2. The van der Waals surface area contributed by atoms with E-state index in [1.54, 1.807) is 11.3 Å². The molecule has 0 aliphatic carbocycles. The molecule has 0 fully saturated rings. The molecule has 0 saturated heterocycles. The number of hydrogen-bond acceptors (Lipinski definition) is 4. The summed E-state index contributed by atoms with van der Waals surface area (Å²) in [6.45, 7) is 2.57. The van der Waals surface area contributed by atoms with Crippen molar-refractivity contribution >= 4 is 33.1 Å². The van der Waals surface area contributed by atoms with E-state index in [9.17, 15) is 4.79 Å². The molecule has 0 aliphatic heterocycles. The predicted octanol–water partition coefficient (Wildman–Crippen LogP) is 1.77. The summed E-state index contributed by atoms with van der Waals surface area (Å²) in [5, 5.41) is 6.67. The summed E-state index contributed by atoms with van der Waals surface area (Å²) < 4.78 is 1.07. The topological polar surface area (TPSA) is 54.0 Å². The molecular weight excluding hydrogens is 246 g/mol. The molecule has 1 aromatic carbocycles. The lowest BCUT2D eigenvalue weighted by Crippen LogP contribution is -2.28. The lowest BCUT2D eigenvalue weighted by atomic mass is 10.3. The van der Waals surface area contributed by atoms with Crippen LogP contribution in [0.15, 0.2) is 18.2 Å². The standard InChI is InChI=1S/C13H13N3OS/c1-3-6-14-8-13(17)16-10-4-5-11-12(7-10)18-9(2)15-11/h1,4-5,7,14H,6,8H2,2H3,(H,16,17). The lowest BCUT2D eigenvalue weighted by Gasteiger charge is -2.04. The van der Waals surface area contributed by atoms with Gasteiger partial charge >= 0.3 is 0 Å². The van der Waals surface area contributed by atoms with Gasteiger partial charge in [-0.25, -0.2) is 4.98 Å². The Morgan fingerprint density at radius 2 is 2.39 bits per heavy atom. The molecule has 0 unspecified atom stereocenters. The zero-order chi connectivity index (χ0) is 13.0. The van der Waals surface area contributed by atoms with Gasteiger partial charge < -0.3 is 5.32 Å². The zero-order valence-electron chi connectivity index (χ0n) is 9.99. The molecule has 18 heavy (non-hydrogen) atoms. The molecule has 2 N–H and O–H groups in total. The monoisotopic (exact) mass is 259 g/mol. The third-order valence-corrected chi connectivity index (χ3v) is 3.23. The Kier molecular flexibility index (Phi) is 3.92. The molecule has 0 spiro atoms. The van der Waals surface area contributed by atoms with Crippen LogP contribution in [0.4, 0.5) is 5.69 Å². The highest BCUT2D eigenvalue weighted by molar-refractivity contribution is 7.18. The average Bonchev–Trinajstić information content (AvgIpc) is 2.69. The summed E-state index contributed by atoms with van der Waals surface area (Å²) in [6, 6.07) is 5.68. The van der Waals surface area contributed by atoms with Crippen molar-refractivity contribution in [2.24, 2.45) is 0 Å². The Hall–Kier alpha value is -1.90. The van der Waals surface area contributed by atoms with Gasteiger partial charge in [0.2, 0.25) is 5.91 Å². The number of hydrogen-bond donors (Lipinski definition) is 2. The third kappa shape index (κ3) is 3.06. The van der Waals surface area contributed by atoms with Crippen LogP contribution in [0.1, 0.15) is 5.01 Å². The second-order valence-corrected chi connectivity index (χ2v) is 5.01. The van der Waals surface area contributed by atoms with Crippen molar-refractivity contribution in [2.45, 2.75) is 6.92 Å². The Morgan fingerprint density at radius 3 is 3.17 bits per heavy atom. The highest BCUT2D eigenvalue weighted by atomic mass is 32.1. The first-order valence-electron chi connectivity index (χ1n) is 5.50. The number of nitrogens with zero attached hydrogens (tertiary/aromatic N) is 1. The molecule has 0 bridgehead atoms. The van der Waals surface area contributed by atoms with Gasteiger partial charge in [0.15, 0.2) is 0 Å². The number of carbonyl (C=O) groups excluding carboxylic acids is 1. The van der Waals surface area contributed by atoms with Crippen LogP contribution in [0, 0.1) is 19.3 Å². The van der Waals surface area contributed by atoms with Crippen molar-refractivity contribution in [3.05, 3.63) is 23.2 Å². The number of aryl methyl sites for hydroxylation is 1. The fraction of sp³-hybridized carbons (Fsp3) is 0.231. The van der Waals surface area contributed by atoms with Crippen LogP contribution in [0.25, 0.3) is 10.2 Å². The summed E-state index contributed by atoms with van der Waals surface area (Å²) in [5.74, 6) is 2.31. The molecular formula is C13H13N3OS. The normalized spacial score (nSPS) is 10.2. The van der Waals surface area contributed by atoms with Crippen molar-refractivity contribution in [2.75, 3.05) is 18.4 Å². The molecule has 0 radical (unpaired) electrons. The maximum atomic E-state index is 11.6. The van der Waals surface area contributed by atoms with E-state index in [0.29, 0.717) is 6.54 Å². The molecule has 0 aliphatic rings. The van der Waals surface area contributed by atoms with Gasteiger partial charge in [0.25, 0.3) is 0 Å². The number of anilines is 1. The number of amides is 1. The van der Waals surface area contributed by atoms with E-state index in [1.807, 2.05) is 25.1 Å². The van der Waals surface area contributed by atoms with Crippen molar-refractivity contribution in [3.63, 3.8) is 0 Å². The number of terminal acetylenes is 1. The lowest BCUT2D eigenvalue weighted by molar-refractivity contribution is -0.115. The maximum absolute atomic E-state index is 11.6. The molecule has 2 aromatic rings. The summed E-state index contributed by atoms with van der Waals surface area (Å²) >= 11 is 1.61. The minimum absolute atomic E-state index is 0.106. The second-order valence-electron chi connectivity index (χ2n) is 3.77. The van der Waals surface area contributed by atoms with E-state index in [0.717, 1.165) is 20.9 Å². The van der Waals surface area contributed by atoms with Crippen LogP contribution < -0.4 is 10.6 Å². The number of aromatic nitrogens is 1. The van der Waals surface area contributed by atoms with Crippen LogP contribution in [0.3, 0.4) is 0 Å². The molecule has 1 amide bonds. The van der Waals surface area contributed by atoms with E-state index in [-0.39, 0.29) is 12.5 Å². The van der Waals surface area contributed by atoms with Crippen LogP contribution in [0.5, 0.6) is 0 Å². The zero-order valence-corrected chi connectivity index (χ0v) is 10.8. The van der Waals surface area contributed by atoms with E-state index < -0.39 is 0 Å². The van der Waals surface area contributed by atoms with Gasteiger partial charge in [0.05, 0.1) is 28.3 Å². The van der Waals surface area contributed by atoms with E-state index in [1.165, 1.54) is 0 Å². The SMILES string of the molecule is C#CCNCC(=O)Nc1ccc2nc(C)sc2c1. The quantitative estimate of drug-likeness (QED) is 0.650. The minimum atomic E-state index is -0.106. The van der Waals surface area contributed by atoms with Crippen LogP contribution >= 0.6 is 11.3 Å². The molecule has 1 heterocycles. The van der Waals surface area contributed by atoms with E-state index >= 15 is 0 Å². The molecule has 2 rings (SSSR count). The van der Waals surface area contributed by atoms with Crippen LogP contribution in [-0.2, 0) is 4.79 Å². The number of fused-ring (bicyclic) bond motifs is 1. The van der Waals surface area contributed by atoms with Crippen molar-refractivity contribution in [3.8, 4) is 12.3 Å².